The van der Waals surface area contributed by atoms with Crippen molar-refractivity contribution in [3.63, 3.8) is 0 Å². The number of aliphatic hydroxyl groups excluding tert-OH is 11. The molecule has 0 saturated carbocycles. The third-order valence-electron chi connectivity index (χ3n) is 6.09. The zero-order valence-electron chi connectivity index (χ0n) is 17.7. The Morgan fingerprint density at radius 2 is 0.853 bits per heavy atom. The highest BCUT2D eigenvalue weighted by molar-refractivity contribution is 4.96. The fourth-order valence-corrected chi connectivity index (χ4v) is 4.06. The fourth-order valence-electron chi connectivity index (χ4n) is 4.06. The van der Waals surface area contributed by atoms with Gasteiger partial charge in [-0.05, 0) is 0 Å². The molecule has 15 atom stereocenters. The van der Waals surface area contributed by atoms with Gasteiger partial charge in [-0.15, -0.1) is 0 Å². The van der Waals surface area contributed by atoms with Crippen LogP contribution in [0, 0.1) is 0 Å². The van der Waals surface area contributed by atoms with E-state index >= 15 is 0 Å². The minimum absolute atomic E-state index is 0.741. The van der Waals surface area contributed by atoms with Gasteiger partial charge in [-0.3, -0.25) is 0 Å². The Bertz CT molecular complexity index is 635. The van der Waals surface area contributed by atoms with Gasteiger partial charge in [-0.1, -0.05) is 0 Å². The molecule has 16 nitrogen and oxygen atoms in total. The average molecular weight is 504 g/mol. The molecular weight excluding hydrogens is 472 g/mol. The monoisotopic (exact) mass is 504 g/mol. The van der Waals surface area contributed by atoms with Crippen LogP contribution in [0.4, 0.5) is 0 Å². The van der Waals surface area contributed by atoms with Gasteiger partial charge < -0.3 is 79.9 Å². The van der Waals surface area contributed by atoms with Crippen molar-refractivity contribution in [2.24, 2.45) is 0 Å². The van der Waals surface area contributed by atoms with Gasteiger partial charge in [-0.25, -0.2) is 0 Å². The summed E-state index contributed by atoms with van der Waals surface area (Å²) in [5, 5.41) is 109. The SMILES string of the molecule is OCC1O[C@@H](O)C(O)[C@@H](O)[C@@H]1O[C@@H]1OC(CO)[C@H](O[C@@H]2OC(CO)[C@H](O)[C@H](O)C2O)[C@H](O)C1O. The van der Waals surface area contributed by atoms with Crippen molar-refractivity contribution >= 4 is 0 Å². The Morgan fingerprint density at radius 1 is 0.441 bits per heavy atom. The van der Waals surface area contributed by atoms with Crippen LogP contribution in [0.15, 0.2) is 0 Å². The maximum Gasteiger partial charge on any atom is 0.187 e. The molecule has 11 N–H and O–H groups in total. The van der Waals surface area contributed by atoms with Gasteiger partial charge in [-0.2, -0.15) is 0 Å². The maximum absolute atomic E-state index is 10.6. The minimum Gasteiger partial charge on any atom is -0.394 e. The Morgan fingerprint density at radius 3 is 1.35 bits per heavy atom. The second-order valence-electron chi connectivity index (χ2n) is 8.33. The Labute approximate surface area is 192 Å². The lowest BCUT2D eigenvalue weighted by Crippen LogP contribution is -2.66. The molecule has 3 heterocycles. The predicted molar refractivity (Wildman–Crippen MR) is 101 cm³/mol. The van der Waals surface area contributed by atoms with Gasteiger partial charge in [0.2, 0.25) is 0 Å². The molecule has 0 amide bonds. The van der Waals surface area contributed by atoms with Crippen LogP contribution in [-0.2, 0) is 23.7 Å². The van der Waals surface area contributed by atoms with Gasteiger partial charge in [0.1, 0.15) is 73.2 Å². The molecule has 3 aliphatic rings. The first-order valence-corrected chi connectivity index (χ1v) is 10.6. The van der Waals surface area contributed by atoms with Crippen molar-refractivity contribution in [2.45, 2.75) is 92.1 Å². The molecule has 3 rings (SSSR count). The quantitative estimate of drug-likeness (QED) is 0.154. The lowest BCUT2D eigenvalue weighted by Gasteiger charge is -2.47. The van der Waals surface area contributed by atoms with Crippen LogP contribution in [0.25, 0.3) is 0 Å². The highest BCUT2D eigenvalue weighted by Gasteiger charge is 2.53. The Kier molecular flexibility index (Phi) is 9.54. The molecule has 3 fully saturated rings. The lowest BCUT2D eigenvalue weighted by atomic mass is 9.96. The molecule has 0 aromatic heterocycles. The van der Waals surface area contributed by atoms with Crippen LogP contribution in [0.2, 0.25) is 0 Å². The van der Waals surface area contributed by atoms with Crippen molar-refractivity contribution in [2.75, 3.05) is 19.8 Å². The zero-order valence-corrected chi connectivity index (χ0v) is 17.7. The summed E-state index contributed by atoms with van der Waals surface area (Å²) in [4.78, 5) is 0. The van der Waals surface area contributed by atoms with Crippen LogP contribution in [0.3, 0.4) is 0 Å². The first-order valence-electron chi connectivity index (χ1n) is 10.6. The Balaban J connectivity index is 1.72. The predicted octanol–water partition coefficient (Wildman–Crippen LogP) is -7.57. The van der Waals surface area contributed by atoms with Gasteiger partial charge in [0.15, 0.2) is 18.9 Å². The van der Waals surface area contributed by atoms with E-state index in [0.29, 0.717) is 0 Å². The summed E-state index contributed by atoms with van der Waals surface area (Å²) in [7, 11) is 0. The molecule has 0 aliphatic carbocycles. The van der Waals surface area contributed by atoms with Crippen molar-refractivity contribution in [3.05, 3.63) is 0 Å². The van der Waals surface area contributed by atoms with E-state index in [0.717, 1.165) is 0 Å². The van der Waals surface area contributed by atoms with Gasteiger partial charge >= 0.3 is 0 Å². The van der Waals surface area contributed by atoms with Crippen LogP contribution in [0.1, 0.15) is 0 Å². The molecule has 0 radical (unpaired) electrons. The minimum atomic E-state index is -1.91. The Hall–Kier alpha value is -0.640. The zero-order chi connectivity index (χ0) is 25.3. The number of aliphatic hydroxyl groups is 11. The average Bonchev–Trinajstić information content (AvgIpc) is 2.83. The van der Waals surface area contributed by atoms with Crippen molar-refractivity contribution in [1.29, 1.82) is 0 Å². The molecule has 0 spiro atoms. The summed E-state index contributed by atoms with van der Waals surface area (Å²) in [6.07, 6.45) is -25.1. The summed E-state index contributed by atoms with van der Waals surface area (Å²) in [5.74, 6) is 0. The van der Waals surface area contributed by atoms with Gasteiger partial charge in [0.25, 0.3) is 0 Å². The van der Waals surface area contributed by atoms with E-state index in [4.69, 9.17) is 23.7 Å². The smallest absolute Gasteiger partial charge is 0.187 e. The number of rotatable bonds is 7. The maximum atomic E-state index is 10.6. The van der Waals surface area contributed by atoms with E-state index in [1.165, 1.54) is 0 Å². The summed E-state index contributed by atoms with van der Waals surface area (Å²) in [6.45, 7) is -2.32. The van der Waals surface area contributed by atoms with E-state index in [1.807, 2.05) is 0 Å². The van der Waals surface area contributed by atoms with Crippen molar-refractivity contribution in [3.8, 4) is 0 Å². The molecule has 3 saturated heterocycles. The van der Waals surface area contributed by atoms with E-state index in [2.05, 4.69) is 0 Å². The van der Waals surface area contributed by atoms with Crippen LogP contribution in [-0.4, -0.2) is 168 Å². The van der Waals surface area contributed by atoms with E-state index in [1.54, 1.807) is 0 Å². The molecule has 200 valence electrons. The molecule has 34 heavy (non-hydrogen) atoms. The van der Waals surface area contributed by atoms with E-state index in [-0.39, 0.29) is 0 Å². The van der Waals surface area contributed by atoms with Gasteiger partial charge in [0.05, 0.1) is 19.8 Å². The number of hydrogen-bond donors (Lipinski definition) is 11. The highest BCUT2D eigenvalue weighted by Crippen LogP contribution is 2.32. The third kappa shape index (κ3) is 5.37. The molecule has 6 unspecified atom stereocenters. The normalized spacial score (nSPS) is 52.5. The largest absolute Gasteiger partial charge is 0.394 e. The lowest BCUT2D eigenvalue weighted by molar-refractivity contribution is -0.377. The topological polar surface area (TPSA) is 269 Å². The fraction of sp³-hybridized carbons (Fsp3) is 1.00. The molecule has 0 aromatic carbocycles. The summed E-state index contributed by atoms with van der Waals surface area (Å²) < 4.78 is 26.4. The summed E-state index contributed by atoms with van der Waals surface area (Å²) in [6, 6.07) is 0. The highest BCUT2D eigenvalue weighted by atomic mass is 16.8. The van der Waals surface area contributed by atoms with Crippen molar-refractivity contribution < 1.29 is 79.9 Å². The molecule has 0 aromatic rings. The molecule has 0 bridgehead atoms. The first kappa shape index (κ1) is 27.9. The molecular formula is C18H32O16. The standard InChI is InChI=1S/C18H32O16/c19-1-4-7(22)8(23)12(27)17(31-4)34-15-6(3-21)32-18(13(28)10(15)25)33-14-5(2-20)30-16(29)11(26)9(14)24/h4-29H,1-3H2/t4?,5?,6?,7-,8-,9+,10+,11?,12?,13?,14+,15-,16+,17-,18-/m0/s1. The first-order chi connectivity index (χ1) is 16.0. The van der Waals surface area contributed by atoms with Crippen LogP contribution >= 0.6 is 0 Å². The third-order valence-corrected chi connectivity index (χ3v) is 6.09. The summed E-state index contributed by atoms with van der Waals surface area (Å²) in [5.41, 5.74) is 0. The van der Waals surface area contributed by atoms with E-state index < -0.39 is 112 Å². The second kappa shape index (κ2) is 11.6. The van der Waals surface area contributed by atoms with E-state index in [9.17, 15) is 56.2 Å². The van der Waals surface area contributed by atoms with Gasteiger partial charge in [0, 0.05) is 0 Å². The second-order valence-corrected chi connectivity index (χ2v) is 8.33. The number of ether oxygens (including phenoxy) is 5. The molecule has 16 heteroatoms. The van der Waals surface area contributed by atoms with Crippen LogP contribution in [0.5, 0.6) is 0 Å². The van der Waals surface area contributed by atoms with Crippen molar-refractivity contribution in [1.82, 2.24) is 0 Å². The summed E-state index contributed by atoms with van der Waals surface area (Å²) >= 11 is 0. The molecule has 3 aliphatic heterocycles. The van der Waals surface area contributed by atoms with Crippen LogP contribution < -0.4 is 0 Å². The number of hydrogen-bond acceptors (Lipinski definition) is 16.